The van der Waals surface area contributed by atoms with Crippen LogP contribution in [0.5, 0.6) is 0 Å². The lowest BCUT2D eigenvalue weighted by atomic mass is 10.1. The molecule has 0 spiro atoms. The minimum atomic E-state index is 0.564. The van der Waals surface area contributed by atoms with Gasteiger partial charge in [0.05, 0.1) is 6.26 Å². The third-order valence-electron chi connectivity index (χ3n) is 2.99. The number of thiazole rings is 1. The normalized spacial score (nSPS) is 10.8. The van der Waals surface area contributed by atoms with Crippen LogP contribution in [0, 0.1) is 6.92 Å². The van der Waals surface area contributed by atoms with Gasteiger partial charge in [-0.05, 0) is 24.6 Å². The molecule has 0 amide bonds. The van der Waals surface area contributed by atoms with Crippen molar-refractivity contribution >= 4 is 11.3 Å². The summed E-state index contributed by atoms with van der Waals surface area (Å²) in [6, 6.07) is 12.0. The molecule has 0 aliphatic carbocycles. The first-order valence-corrected chi connectivity index (χ1v) is 6.90. The molecule has 0 atom stereocenters. The summed E-state index contributed by atoms with van der Waals surface area (Å²) >= 11 is 1.68. The highest BCUT2D eigenvalue weighted by Gasteiger charge is 2.12. The van der Waals surface area contributed by atoms with Crippen molar-refractivity contribution < 1.29 is 4.42 Å². The van der Waals surface area contributed by atoms with Crippen LogP contribution in [0.4, 0.5) is 0 Å². The zero-order valence-electron chi connectivity index (χ0n) is 10.6. The van der Waals surface area contributed by atoms with Crippen molar-refractivity contribution in [3.63, 3.8) is 0 Å². The van der Waals surface area contributed by atoms with E-state index >= 15 is 0 Å². The molecule has 96 valence electrons. The van der Waals surface area contributed by atoms with Crippen molar-refractivity contribution in [2.24, 2.45) is 5.73 Å². The lowest BCUT2D eigenvalue weighted by Gasteiger charge is -1.98. The summed E-state index contributed by atoms with van der Waals surface area (Å²) < 4.78 is 5.41. The van der Waals surface area contributed by atoms with Crippen LogP contribution in [-0.4, -0.2) is 4.98 Å². The summed E-state index contributed by atoms with van der Waals surface area (Å²) in [5, 5.41) is 1.01. The molecular formula is C15H14N2OS. The highest BCUT2D eigenvalue weighted by molar-refractivity contribution is 7.15. The number of nitrogens with two attached hydrogens (primary N) is 1. The second kappa shape index (κ2) is 4.99. The number of hydrogen-bond acceptors (Lipinski definition) is 4. The van der Waals surface area contributed by atoms with E-state index in [1.807, 2.05) is 24.3 Å². The molecule has 2 heterocycles. The molecule has 0 aliphatic rings. The van der Waals surface area contributed by atoms with Crippen molar-refractivity contribution in [3.8, 4) is 22.0 Å². The summed E-state index contributed by atoms with van der Waals surface area (Å²) in [5.41, 5.74) is 8.77. The molecule has 3 rings (SSSR count). The topological polar surface area (TPSA) is 52.0 Å². The minimum Gasteiger partial charge on any atom is -0.463 e. The van der Waals surface area contributed by atoms with E-state index in [4.69, 9.17) is 10.2 Å². The second-order valence-electron chi connectivity index (χ2n) is 4.30. The molecule has 0 saturated carbocycles. The van der Waals surface area contributed by atoms with Crippen molar-refractivity contribution in [1.82, 2.24) is 4.98 Å². The van der Waals surface area contributed by atoms with Crippen molar-refractivity contribution in [3.05, 3.63) is 53.1 Å². The van der Waals surface area contributed by atoms with Gasteiger partial charge < -0.3 is 10.2 Å². The summed E-state index contributed by atoms with van der Waals surface area (Å²) in [6.07, 6.45) is 1.67. The number of rotatable bonds is 3. The van der Waals surface area contributed by atoms with Crippen molar-refractivity contribution in [2.45, 2.75) is 13.5 Å². The molecule has 0 saturated heterocycles. The Balaban J connectivity index is 1.99. The Morgan fingerprint density at radius 2 is 2.00 bits per heavy atom. The smallest absolute Gasteiger partial charge is 0.153 e. The van der Waals surface area contributed by atoms with E-state index in [0.29, 0.717) is 6.54 Å². The Morgan fingerprint density at radius 1 is 1.21 bits per heavy atom. The van der Waals surface area contributed by atoms with E-state index in [0.717, 1.165) is 32.5 Å². The number of hydrogen-bond donors (Lipinski definition) is 1. The van der Waals surface area contributed by atoms with Crippen LogP contribution in [0.15, 0.2) is 47.1 Å². The van der Waals surface area contributed by atoms with Gasteiger partial charge in [-0.2, -0.15) is 0 Å². The first-order valence-electron chi connectivity index (χ1n) is 6.08. The van der Waals surface area contributed by atoms with Gasteiger partial charge >= 0.3 is 0 Å². The van der Waals surface area contributed by atoms with Gasteiger partial charge in [0.15, 0.2) is 5.76 Å². The molecule has 19 heavy (non-hydrogen) atoms. The fourth-order valence-electron chi connectivity index (χ4n) is 1.95. The van der Waals surface area contributed by atoms with E-state index in [1.165, 1.54) is 0 Å². The Morgan fingerprint density at radius 3 is 2.63 bits per heavy atom. The predicted octanol–water partition coefficient (Wildman–Crippen LogP) is 3.84. The number of aromatic nitrogens is 1. The lowest BCUT2D eigenvalue weighted by molar-refractivity contribution is 0.580. The van der Waals surface area contributed by atoms with E-state index in [2.05, 4.69) is 24.0 Å². The molecule has 0 unspecified atom stereocenters. The van der Waals surface area contributed by atoms with Gasteiger partial charge in [-0.3, -0.25) is 0 Å². The molecule has 0 aliphatic heterocycles. The van der Waals surface area contributed by atoms with Gasteiger partial charge in [-0.1, -0.05) is 24.3 Å². The van der Waals surface area contributed by atoms with E-state index in [1.54, 1.807) is 17.6 Å². The Labute approximate surface area is 115 Å². The summed E-state index contributed by atoms with van der Waals surface area (Å²) in [6.45, 7) is 2.63. The molecule has 2 N–H and O–H groups in total. The molecule has 0 bridgehead atoms. The quantitative estimate of drug-likeness (QED) is 0.786. The standard InChI is InChI=1S/C15H14N2OS/c1-10-14(13-3-2-8-18-13)17-15(19-10)12-6-4-11(9-16)5-7-12/h2-8H,9,16H2,1H3. The predicted molar refractivity (Wildman–Crippen MR) is 77.9 cm³/mol. The maximum Gasteiger partial charge on any atom is 0.153 e. The maximum absolute atomic E-state index is 5.61. The third kappa shape index (κ3) is 2.32. The van der Waals surface area contributed by atoms with E-state index in [-0.39, 0.29) is 0 Å². The molecule has 3 aromatic rings. The molecule has 4 heteroatoms. The van der Waals surface area contributed by atoms with Crippen LogP contribution >= 0.6 is 11.3 Å². The zero-order chi connectivity index (χ0) is 13.2. The first-order chi connectivity index (χ1) is 9.28. The zero-order valence-corrected chi connectivity index (χ0v) is 11.4. The van der Waals surface area contributed by atoms with Crippen molar-refractivity contribution in [1.29, 1.82) is 0 Å². The van der Waals surface area contributed by atoms with Gasteiger partial charge in [-0.15, -0.1) is 11.3 Å². The van der Waals surface area contributed by atoms with Gasteiger partial charge in [-0.25, -0.2) is 4.98 Å². The second-order valence-corrected chi connectivity index (χ2v) is 5.51. The van der Waals surface area contributed by atoms with E-state index in [9.17, 15) is 0 Å². The Kier molecular flexibility index (Phi) is 3.19. The summed E-state index contributed by atoms with van der Waals surface area (Å²) in [4.78, 5) is 5.83. The van der Waals surface area contributed by atoms with Crippen LogP contribution in [0.2, 0.25) is 0 Å². The number of nitrogens with zero attached hydrogens (tertiary/aromatic N) is 1. The third-order valence-corrected chi connectivity index (χ3v) is 4.01. The highest BCUT2D eigenvalue weighted by Crippen LogP contribution is 2.33. The molecule has 0 fully saturated rings. The Hall–Kier alpha value is -1.91. The largest absolute Gasteiger partial charge is 0.463 e. The molecule has 2 aromatic heterocycles. The first kappa shape index (κ1) is 12.1. The number of furan rings is 1. The Bertz CT molecular complexity index is 669. The number of aryl methyl sites for hydroxylation is 1. The van der Waals surface area contributed by atoms with Gasteiger partial charge in [0.1, 0.15) is 10.7 Å². The fraction of sp³-hybridized carbons (Fsp3) is 0.133. The van der Waals surface area contributed by atoms with Crippen LogP contribution < -0.4 is 5.73 Å². The molecule has 3 nitrogen and oxygen atoms in total. The van der Waals surface area contributed by atoms with Crippen LogP contribution in [0.3, 0.4) is 0 Å². The van der Waals surface area contributed by atoms with Gasteiger partial charge in [0.2, 0.25) is 0 Å². The van der Waals surface area contributed by atoms with Crippen molar-refractivity contribution in [2.75, 3.05) is 0 Å². The minimum absolute atomic E-state index is 0.564. The SMILES string of the molecule is Cc1sc(-c2ccc(CN)cc2)nc1-c1ccco1. The van der Waals surface area contributed by atoms with Crippen LogP contribution in [0.1, 0.15) is 10.4 Å². The average molecular weight is 270 g/mol. The number of benzene rings is 1. The van der Waals surface area contributed by atoms with Crippen LogP contribution in [0.25, 0.3) is 22.0 Å². The van der Waals surface area contributed by atoms with Gasteiger partial charge in [0.25, 0.3) is 0 Å². The summed E-state index contributed by atoms with van der Waals surface area (Å²) in [7, 11) is 0. The lowest BCUT2D eigenvalue weighted by Crippen LogP contribution is -1.95. The van der Waals surface area contributed by atoms with Gasteiger partial charge in [0, 0.05) is 17.0 Å². The van der Waals surface area contributed by atoms with E-state index < -0.39 is 0 Å². The highest BCUT2D eigenvalue weighted by atomic mass is 32.1. The van der Waals surface area contributed by atoms with Crippen LogP contribution in [-0.2, 0) is 6.54 Å². The molecular weight excluding hydrogens is 256 g/mol. The monoisotopic (exact) mass is 270 g/mol. The average Bonchev–Trinajstić information content (AvgIpc) is 3.08. The fourth-order valence-corrected chi connectivity index (χ4v) is 2.87. The molecule has 0 radical (unpaired) electrons. The maximum atomic E-state index is 5.61. The summed E-state index contributed by atoms with van der Waals surface area (Å²) in [5.74, 6) is 0.818. The molecule has 1 aromatic carbocycles.